The summed E-state index contributed by atoms with van der Waals surface area (Å²) >= 11 is 0. The summed E-state index contributed by atoms with van der Waals surface area (Å²) in [7, 11) is -2.18. The van der Waals surface area contributed by atoms with Gasteiger partial charge in [-0.25, -0.2) is 4.79 Å². The lowest BCUT2D eigenvalue weighted by molar-refractivity contribution is 0.0600. The molecule has 31 heavy (non-hydrogen) atoms. The van der Waals surface area contributed by atoms with Crippen LogP contribution >= 0.6 is 7.60 Å². The molecule has 2 aromatic rings. The number of esters is 1. The SMILES string of the molecule is CCOP(=O)(OCC)C(Nc1ccc(C(=O)OC)cc1)c1ccc(N(CC)CC)cc1. The summed E-state index contributed by atoms with van der Waals surface area (Å²) in [6.45, 7) is 10.1. The van der Waals surface area contributed by atoms with E-state index in [0.29, 0.717) is 11.3 Å². The molecule has 0 aliphatic carbocycles. The Morgan fingerprint density at radius 1 is 0.935 bits per heavy atom. The zero-order valence-electron chi connectivity index (χ0n) is 19.0. The van der Waals surface area contributed by atoms with E-state index >= 15 is 0 Å². The first-order chi connectivity index (χ1) is 14.9. The average molecular weight is 449 g/mol. The summed E-state index contributed by atoms with van der Waals surface area (Å²) in [6.07, 6.45) is 0. The van der Waals surface area contributed by atoms with Gasteiger partial charge in [0.25, 0.3) is 0 Å². The van der Waals surface area contributed by atoms with Crippen molar-refractivity contribution in [3.8, 4) is 0 Å². The first-order valence-electron chi connectivity index (χ1n) is 10.6. The number of ether oxygens (including phenoxy) is 1. The fourth-order valence-corrected chi connectivity index (χ4v) is 5.26. The van der Waals surface area contributed by atoms with Crippen LogP contribution in [0.5, 0.6) is 0 Å². The molecule has 0 heterocycles. The summed E-state index contributed by atoms with van der Waals surface area (Å²) < 4.78 is 29.7. The summed E-state index contributed by atoms with van der Waals surface area (Å²) in [6, 6.07) is 14.7. The van der Waals surface area contributed by atoms with Crippen LogP contribution in [0.2, 0.25) is 0 Å². The quantitative estimate of drug-likeness (QED) is 0.330. The van der Waals surface area contributed by atoms with Crippen molar-refractivity contribution in [1.82, 2.24) is 0 Å². The number of carbonyl (C=O) groups excluding carboxylic acids is 1. The van der Waals surface area contributed by atoms with Crippen LogP contribution in [0.25, 0.3) is 0 Å². The fourth-order valence-electron chi connectivity index (χ4n) is 3.33. The van der Waals surface area contributed by atoms with Crippen molar-refractivity contribution in [1.29, 1.82) is 0 Å². The van der Waals surface area contributed by atoms with Crippen molar-refractivity contribution < 1.29 is 23.1 Å². The Kier molecular flexibility index (Phi) is 9.56. The molecule has 0 amide bonds. The molecule has 8 heteroatoms. The number of methoxy groups -OCH3 is 1. The van der Waals surface area contributed by atoms with Gasteiger partial charge in [0.15, 0.2) is 5.78 Å². The highest BCUT2D eigenvalue weighted by Gasteiger charge is 2.37. The van der Waals surface area contributed by atoms with Gasteiger partial charge in [0.05, 0.1) is 25.9 Å². The first-order valence-corrected chi connectivity index (χ1v) is 12.2. The number of hydrogen-bond donors (Lipinski definition) is 1. The Bertz CT molecular complexity index is 857. The molecule has 0 fully saturated rings. The van der Waals surface area contributed by atoms with E-state index in [1.54, 1.807) is 38.1 Å². The molecule has 0 spiro atoms. The molecule has 170 valence electrons. The van der Waals surface area contributed by atoms with Crippen LogP contribution in [0, 0.1) is 0 Å². The van der Waals surface area contributed by atoms with Crippen LogP contribution in [0.4, 0.5) is 11.4 Å². The normalized spacial score (nSPS) is 12.3. The maximum Gasteiger partial charge on any atom is 0.357 e. The van der Waals surface area contributed by atoms with Gasteiger partial charge in [-0.05, 0) is 69.7 Å². The van der Waals surface area contributed by atoms with Crippen molar-refractivity contribution in [2.75, 3.05) is 43.6 Å². The van der Waals surface area contributed by atoms with Gasteiger partial charge in [0.2, 0.25) is 0 Å². The van der Waals surface area contributed by atoms with Crippen LogP contribution in [-0.2, 0) is 18.3 Å². The zero-order chi connectivity index (χ0) is 22.9. The standard InChI is InChI=1S/C23H33N2O5P/c1-6-25(7-2)21-16-12-18(13-17-21)22(31(27,29-8-3)30-9-4)24-20-14-10-19(11-15-20)23(26)28-5/h10-17,22,24H,6-9H2,1-5H3. The van der Waals surface area contributed by atoms with Gasteiger partial charge in [0.1, 0.15) is 0 Å². The van der Waals surface area contributed by atoms with E-state index < -0.39 is 19.3 Å². The first kappa shape index (κ1) is 24.9. The average Bonchev–Trinajstić information content (AvgIpc) is 2.79. The topological polar surface area (TPSA) is 77.1 Å². The van der Waals surface area contributed by atoms with Gasteiger partial charge in [-0.3, -0.25) is 4.57 Å². The Balaban J connectivity index is 2.41. The van der Waals surface area contributed by atoms with Crippen LogP contribution in [0.15, 0.2) is 48.5 Å². The van der Waals surface area contributed by atoms with Gasteiger partial charge in [-0.15, -0.1) is 0 Å². The highest BCUT2D eigenvalue weighted by atomic mass is 31.2. The van der Waals surface area contributed by atoms with E-state index in [4.69, 9.17) is 13.8 Å². The monoisotopic (exact) mass is 448 g/mol. The third kappa shape index (κ3) is 6.33. The number of nitrogens with zero attached hydrogens (tertiary/aromatic N) is 1. The minimum atomic E-state index is -3.52. The molecule has 0 saturated carbocycles. The molecule has 1 atom stereocenters. The predicted octanol–water partition coefficient (Wildman–Crippen LogP) is 5.70. The molecule has 2 rings (SSSR count). The maximum atomic E-state index is 13.7. The highest BCUT2D eigenvalue weighted by Crippen LogP contribution is 2.60. The molecule has 0 bridgehead atoms. The summed E-state index contributed by atoms with van der Waals surface area (Å²) in [5.41, 5.74) is 3.01. The Labute approximate surface area is 185 Å². The molecular formula is C23H33N2O5P. The summed E-state index contributed by atoms with van der Waals surface area (Å²) in [5, 5.41) is 3.29. The lowest BCUT2D eigenvalue weighted by Gasteiger charge is -2.29. The molecule has 1 unspecified atom stereocenters. The van der Waals surface area contributed by atoms with Gasteiger partial charge >= 0.3 is 13.6 Å². The minimum absolute atomic E-state index is 0.258. The van der Waals surface area contributed by atoms with Crippen LogP contribution in [0.3, 0.4) is 0 Å². The molecule has 0 aromatic heterocycles. The molecule has 0 aliphatic heterocycles. The van der Waals surface area contributed by atoms with Crippen molar-refractivity contribution >= 4 is 24.9 Å². The molecule has 0 saturated heterocycles. The lowest BCUT2D eigenvalue weighted by atomic mass is 10.1. The Morgan fingerprint density at radius 2 is 1.48 bits per heavy atom. The summed E-state index contributed by atoms with van der Waals surface area (Å²) in [4.78, 5) is 13.9. The molecule has 0 radical (unpaired) electrons. The fraction of sp³-hybridized carbons (Fsp3) is 0.435. The van der Waals surface area contributed by atoms with Crippen LogP contribution < -0.4 is 10.2 Å². The molecule has 2 aromatic carbocycles. The van der Waals surface area contributed by atoms with E-state index in [2.05, 4.69) is 24.1 Å². The molecule has 1 N–H and O–H groups in total. The molecular weight excluding hydrogens is 415 g/mol. The molecule has 7 nitrogen and oxygen atoms in total. The third-order valence-electron chi connectivity index (χ3n) is 4.88. The number of anilines is 2. The van der Waals surface area contributed by atoms with Crippen LogP contribution in [-0.4, -0.2) is 39.4 Å². The van der Waals surface area contributed by atoms with E-state index in [-0.39, 0.29) is 13.2 Å². The number of benzene rings is 2. The van der Waals surface area contributed by atoms with E-state index in [1.807, 2.05) is 24.3 Å². The molecule has 0 aliphatic rings. The van der Waals surface area contributed by atoms with Gasteiger partial charge in [0, 0.05) is 24.5 Å². The van der Waals surface area contributed by atoms with E-state index in [0.717, 1.165) is 24.3 Å². The lowest BCUT2D eigenvalue weighted by Crippen LogP contribution is -2.22. The minimum Gasteiger partial charge on any atom is -0.465 e. The number of carbonyl (C=O) groups is 1. The van der Waals surface area contributed by atoms with Gasteiger partial charge < -0.3 is 24.0 Å². The van der Waals surface area contributed by atoms with Crippen molar-refractivity contribution in [2.45, 2.75) is 33.5 Å². The predicted molar refractivity (Wildman–Crippen MR) is 125 cm³/mol. The Morgan fingerprint density at radius 3 is 1.94 bits per heavy atom. The number of rotatable bonds is 12. The second kappa shape index (κ2) is 11.9. The van der Waals surface area contributed by atoms with Crippen molar-refractivity contribution in [2.24, 2.45) is 0 Å². The van der Waals surface area contributed by atoms with Gasteiger partial charge in [-0.2, -0.15) is 0 Å². The number of hydrogen-bond acceptors (Lipinski definition) is 7. The maximum absolute atomic E-state index is 13.7. The van der Waals surface area contributed by atoms with E-state index in [9.17, 15) is 9.36 Å². The smallest absolute Gasteiger partial charge is 0.357 e. The second-order valence-electron chi connectivity index (χ2n) is 6.76. The van der Waals surface area contributed by atoms with Crippen molar-refractivity contribution in [3.05, 3.63) is 59.7 Å². The van der Waals surface area contributed by atoms with Gasteiger partial charge in [-0.1, -0.05) is 12.1 Å². The highest BCUT2D eigenvalue weighted by molar-refractivity contribution is 7.54. The third-order valence-corrected chi connectivity index (χ3v) is 7.18. The van der Waals surface area contributed by atoms with Crippen molar-refractivity contribution in [3.63, 3.8) is 0 Å². The number of nitrogens with one attached hydrogen (secondary N) is 1. The Hall–Kier alpha value is -2.34. The van der Waals surface area contributed by atoms with E-state index in [1.165, 1.54) is 7.11 Å². The second-order valence-corrected chi connectivity index (χ2v) is 8.87. The zero-order valence-corrected chi connectivity index (χ0v) is 19.9. The van der Waals surface area contributed by atoms with Crippen LogP contribution in [0.1, 0.15) is 49.4 Å². The largest absolute Gasteiger partial charge is 0.465 e. The summed E-state index contributed by atoms with van der Waals surface area (Å²) in [5.74, 6) is -1.12.